The molecule has 5 rings (SSSR count). The zero-order chi connectivity index (χ0) is 36.2. The molecule has 5 N–H and O–H groups in total. The minimum absolute atomic E-state index is 0.142. The number of nitrogens with zero attached hydrogens (tertiary/aromatic N) is 4. The molecule has 0 bridgehead atoms. The van der Waals surface area contributed by atoms with E-state index >= 15 is 0 Å². The van der Waals surface area contributed by atoms with E-state index in [9.17, 15) is 15.5 Å². The first-order valence-corrected chi connectivity index (χ1v) is 17.9. The van der Waals surface area contributed by atoms with Crippen molar-refractivity contribution in [2.75, 3.05) is 32.9 Å². The number of rotatable bonds is 19. The summed E-state index contributed by atoms with van der Waals surface area (Å²) in [5, 5.41) is 50.3. The van der Waals surface area contributed by atoms with Crippen LogP contribution >= 0.6 is 27.5 Å². The molecule has 0 saturated heterocycles. The van der Waals surface area contributed by atoms with Crippen molar-refractivity contribution < 1.29 is 24.8 Å². The van der Waals surface area contributed by atoms with Crippen LogP contribution in [0.15, 0.2) is 77.7 Å². The average Bonchev–Trinajstić information content (AvgIpc) is 3.58. The van der Waals surface area contributed by atoms with Gasteiger partial charge < -0.3 is 35.4 Å². The molecule has 0 atom stereocenters. The molecule has 0 radical (unpaired) electrons. The molecule has 0 amide bonds. The molecule has 0 unspecified atom stereocenters. The number of nitrogens with one attached hydrogen (secondary N) is 2. The number of hydrogen-bond acceptors (Lipinski definition) is 10. The Morgan fingerprint density at radius 1 is 0.922 bits per heavy atom. The van der Waals surface area contributed by atoms with Crippen molar-refractivity contribution >= 4 is 38.4 Å². The first-order chi connectivity index (χ1) is 24.8. The fourth-order valence-corrected chi connectivity index (χ4v) is 6.34. The van der Waals surface area contributed by atoms with Crippen LogP contribution in [0.3, 0.4) is 0 Å². The summed E-state index contributed by atoms with van der Waals surface area (Å²) in [5.74, 6) is 0.902. The standard InChI is InChI=1S/C38H42BrClN6O5/c1-38(24-48,25-49)44-20-29-15-33(40)36(16-35(29)50-22-27-14-26(17-41)18-43-19-27)51-23-28-6-4-8-31(37(28)39)30-7-5-9-34-32(30)21-45-46(34)12-3-2-10-42-11-13-47/h4-9,14-16,18-19,21,42,44,47-49H,2-3,10-13,20,22-25H2,1H3. The van der Waals surface area contributed by atoms with Crippen molar-refractivity contribution in [1.29, 1.82) is 5.26 Å². The van der Waals surface area contributed by atoms with E-state index in [0.717, 1.165) is 58.0 Å². The van der Waals surface area contributed by atoms with Gasteiger partial charge in [0.25, 0.3) is 0 Å². The van der Waals surface area contributed by atoms with Gasteiger partial charge in [-0.2, -0.15) is 10.4 Å². The summed E-state index contributed by atoms with van der Waals surface area (Å²) >= 11 is 10.6. The van der Waals surface area contributed by atoms with Crippen LogP contribution in [0.1, 0.15) is 42.0 Å². The van der Waals surface area contributed by atoms with Gasteiger partial charge in [-0.05, 0) is 71.6 Å². The first kappa shape index (κ1) is 38.2. The Kier molecular flexibility index (Phi) is 13.8. The average molecular weight is 778 g/mol. The minimum atomic E-state index is -0.914. The molecule has 51 heavy (non-hydrogen) atoms. The summed E-state index contributed by atoms with van der Waals surface area (Å²) in [6, 6.07) is 19.5. The third-order valence-corrected chi connectivity index (χ3v) is 9.77. The normalized spacial score (nSPS) is 11.5. The number of halogens is 2. The van der Waals surface area contributed by atoms with Crippen molar-refractivity contribution in [3.05, 3.63) is 105 Å². The van der Waals surface area contributed by atoms with Crippen LogP contribution in [0.4, 0.5) is 0 Å². The van der Waals surface area contributed by atoms with E-state index in [1.807, 2.05) is 29.1 Å². The van der Waals surface area contributed by atoms with E-state index in [-0.39, 0.29) is 39.6 Å². The Labute approximate surface area is 310 Å². The zero-order valence-electron chi connectivity index (χ0n) is 28.4. The lowest BCUT2D eigenvalue weighted by atomic mass is 10.00. The van der Waals surface area contributed by atoms with E-state index < -0.39 is 5.54 Å². The predicted octanol–water partition coefficient (Wildman–Crippen LogP) is 5.74. The van der Waals surface area contributed by atoms with E-state index in [2.05, 4.69) is 55.8 Å². The topological polar surface area (TPSA) is 158 Å². The van der Waals surface area contributed by atoms with Gasteiger partial charge in [0.05, 0.1) is 47.7 Å². The van der Waals surface area contributed by atoms with Gasteiger partial charge in [0.15, 0.2) is 0 Å². The number of aryl methyl sites for hydroxylation is 1. The largest absolute Gasteiger partial charge is 0.488 e. The number of nitriles is 1. The maximum atomic E-state index is 9.79. The Balaban J connectivity index is 1.35. The monoisotopic (exact) mass is 776 g/mol. The van der Waals surface area contributed by atoms with Gasteiger partial charge in [-0.25, -0.2) is 0 Å². The van der Waals surface area contributed by atoms with Crippen LogP contribution in [-0.4, -0.2) is 68.5 Å². The SMILES string of the molecule is CC(CO)(CO)NCc1cc(Cl)c(OCc2cccc(-c3cccc4c3cnn4CCCCNCCO)c2Br)cc1OCc1cncc(C#N)c1. The van der Waals surface area contributed by atoms with E-state index in [4.69, 9.17) is 31.3 Å². The maximum absolute atomic E-state index is 9.79. The van der Waals surface area contributed by atoms with Crippen LogP contribution in [0.25, 0.3) is 22.0 Å². The zero-order valence-corrected chi connectivity index (χ0v) is 30.8. The number of pyridine rings is 1. The van der Waals surface area contributed by atoms with Crippen molar-refractivity contribution in [2.24, 2.45) is 0 Å². The molecular weight excluding hydrogens is 736 g/mol. The highest BCUT2D eigenvalue weighted by Gasteiger charge is 2.23. The molecule has 2 heterocycles. The van der Waals surface area contributed by atoms with E-state index in [1.54, 1.807) is 31.3 Å². The summed E-state index contributed by atoms with van der Waals surface area (Å²) in [7, 11) is 0. The van der Waals surface area contributed by atoms with Crippen LogP contribution in [0.2, 0.25) is 5.02 Å². The van der Waals surface area contributed by atoms with Gasteiger partial charge in [0.2, 0.25) is 0 Å². The van der Waals surface area contributed by atoms with Gasteiger partial charge in [-0.15, -0.1) is 0 Å². The Hall–Kier alpha value is -4.06. The fraction of sp³-hybridized carbons (Fsp3) is 0.342. The van der Waals surface area contributed by atoms with Gasteiger partial charge in [0, 0.05) is 64.6 Å². The van der Waals surface area contributed by atoms with Crippen molar-refractivity contribution in [2.45, 2.75) is 51.6 Å². The van der Waals surface area contributed by atoms with Gasteiger partial charge in [0.1, 0.15) is 30.8 Å². The number of ether oxygens (including phenoxy) is 2. The lowest BCUT2D eigenvalue weighted by Gasteiger charge is -2.27. The molecule has 0 aliphatic carbocycles. The smallest absolute Gasteiger partial charge is 0.142 e. The predicted molar refractivity (Wildman–Crippen MR) is 201 cm³/mol. The van der Waals surface area contributed by atoms with Crippen LogP contribution in [0.5, 0.6) is 11.5 Å². The van der Waals surface area contributed by atoms with Gasteiger partial charge >= 0.3 is 0 Å². The van der Waals surface area contributed by atoms with Crippen molar-refractivity contribution in [3.8, 4) is 28.7 Å². The molecule has 0 spiro atoms. The molecule has 5 aromatic rings. The minimum Gasteiger partial charge on any atom is -0.488 e. The lowest BCUT2D eigenvalue weighted by molar-refractivity contribution is 0.103. The maximum Gasteiger partial charge on any atom is 0.142 e. The molecule has 0 aliphatic heterocycles. The van der Waals surface area contributed by atoms with E-state index in [0.29, 0.717) is 39.8 Å². The molecule has 2 aromatic heterocycles. The van der Waals surface area contributed by atoms with Gasteiger partial charge in [-0.3, -0.25) is 9.67 Å². The van der Waals surface area contributed by atoms with Crippen LogP contribution in [0, 0.1) is 11.3 Å². The fourth-order valence-electron chi connectivity index (χ4n) is 5.51. The number of benzene rings is 3. The highest BCUT2D eigenvalue weighted by Crippen LogP contribution is 2.38. The summed E-state index contributed by atoms with van der Waals surface area (Å²) in [6.45, 7) is 4.20. The molecule has 11 nitrogen and oxygen atoms in total. The quantitative estimate of drug-likeness (QED) is 0.0656. The molecule has 268 valence electrons. The summed E-state index contributed by atoms with van der Waals surface area (Å²) in [5.41, 5.74) is 4.96. The van der Waals surface area contributed by atoms with Crippen LogP contribution < -0.4 is 20.1 Å². The number of aromatic nitrogens is 3. The van der Waals surface area contributed by atoms with E-state index in [1.165, 1.54) is 6.20 Å². The lowest BCUT2D eigenvalue weighted by Crippen LogP contribution is -2.48. The Morgan fingerprint density at radius 3 is 2.49 bits per heavy atom. The molecule has 3 aromatic carbocycles. The Bertz CT molecular complexity index is 1960. The second kappa shape index (κ2) is 18.4. The van der Waals surface area contributed by atoms with Crippen molar-refractivity contribution in [1.82, 2.24) is 25.4 Å². The molecular formula is C38H42BrClN6O5. The number of aliphatic hydroxyl groups excluding tert-OH is 3. The third kappa shape index (κ3) is 9.84. The number of unbranched alkanes of at least 4 members (excludes halogenated alkanes) is 1. The Morgan fingerprint density at radius 2 is 1.71 bits per heavy atom. The molecule has 0 aliphatic rings. The summed E-state index contributed by atoms with van der Waals surface area (Å²) in [6.07, 6.45) is 7.00. The third-order valence-electron chi connectivity index (χ3n) is 8.54. The summed E-state index contributed by atoms with van der Waals surface area (Å²) < 4.78 is 15.4. The highest BCUT2D eigenvalue weighted by molar-refractivity contribution is 9.10. The molecule has 0 saturated carbocycles. The number of aliphatic hydroxyl groups is 3. The first-order valence-electron chi connectivity index (χ1n) is 16.7. The second-order valence-corrected chi connectivity index (χ2v) is 13.7. The molecule has 13 heteroatoms. The highest BCUT2D eigenvalue weighted by atomic mass is 79.9. The van der Waals surface area contributed by atoms with Crippen LogP contribution in [-0.2, 0) is 26.3 Å². The van der Waals surface area contributed by atoms with Gasteiger partial charge in [-0.1, -0.05) is 41.9 Å². The number of fused-ring (bicyclic) bond motifs is 1. The number of hydrogen-bond donors (Lipinski definition) is 5. The van der Waals surface area contributed by atoms with Crippen molar-refractivity contribution in [3.63, 3.8) is 0 Å². The second-order valence-electron chi connectivity index (χ2n) is 12.5. The molecule has 0 fully saturated rings. The summed E-state index contributed by atoms with van der Waals surface area (Å²) in [4.78, 5) is 4.12.